The van der Waals surface area contributed by atoms with Crippen LogP contribution in [0.2, 0.25) is 0 Å². The lowest BCUT2D eigenvalue weighted by Gasteiger charge is -2.16. The summed E-state index contributed by atoms with van der Waals surface area (Å²) in [5.41, 5.74) is 1.11. The summed E-state index contributed by atoms with van der Waals surface area (Å²) in [5, 5.41) is 7.93. The van der Waals surface area contributed by atoms with Crippen LogP contribution in [0.5, 0.6) is 0 Å². The van der Waals surface area contributed by atoms with E-state index in [1.165, 1.54) is 28.7 Å². The molecule has 1 fully saturated rings. The Bertz CT molecular complexity index is 1130. The molecule has 0 saturated heterocycles. The molecule has 154 valence electrons. The fourth-order valence-corrected chi connectivity index (χ4v) is 4.89. The number of thiazole rings is 2. The van der Waals surface area contributed by atoms with Crippen LogP contribution in [0.25, 0.3) is 11.3 Å². The van der Waals surface area contributed by atoms with Crippen LogP contribution in [-0.4, -0.2) is 29.5 Å². The average Bonchev–Trinajstić information content (AvgIpc) is 3.19. The number of hydrogen-bond donors (Lipinski definition) is 3. The van der Waals surface area contributed by atoms with Crippen LogP contribution in [0.1, 0.15) is 35.5 Å². The first-order valence-corrected chi connectivity index (χ1v) is 11.8. The molecule has 29 heavy (non-hydrogen) atoms. The fraction of sp³-hybridized carbons (Fsp3) is 0.294. The molecular weight excluding hydrogens is 442 g/mol. The van der Waals surface area contributed by atoms with Crippen molar-refractivity contribution in [3.05, 3.63) is 51.3 Å². The van der Waals surface area contributed by atoms with Crippen molar-refractivity contribution in [1.82, 2.24) is 14.7 Å². The zero-order chi connectivity index (χ0) is 20.6. The van der Waals surface area contributed by atoms with Gasteiger partial charge in [-0.3, -0.25) is 4.55 Å². The summed E-state index contributed by atoms with van der Waals surface area (Å²) < 4.78 is 60.4. The maximum Gasteiger partial charge on any atom is 0.333 e. The molecule has 1 aromatic carbocycles. The van der Waals surface area contributed by atoms with Crippen molar-refractivity contribution < 1.29 is 21.8 Å². The van der Waals surface area contributed by atoms with Crippen molar-refractivity contribution in [2.24, 2.45) is 0 Å². The highest BCUT2D eigenvalue weighted by Crippen LogP contribution is 2.42. The highest BCUT2D eigenvalue weighted by molar-refractivity contribution is 7.83. The number of aromatic nitrogens is 2. The normalized spacial score (nSPS) is 15.4. The maximum atomic E-state index is 14.0. The van der Waals surface area contributed by atoms with Gasteiger partial charge in [-0.25, -0.2) is 18.7 Å². The molecule has 3 N–H and O–H groups in total. The summed E-state index contributed by atoms with van der Waals surface area (Å²) >= 11 is 2.70. The van der Waals surface area contributed by atoms with Gasteiger partial charge in [0, 0.05) is 34.9 Å². The molecule has 1 aliphatic carbocycles. The third-order valence-corrected chi connectivity index (χ3v) is 6.63. The monoisotopic (exact) mass is 458 g/mol. The van der Waals surface area contributed by atoms with Gasteiger partial charge >= 0.3 is 10.3 Å². The number of hydrogen-bond acceptors (Lipinski definition) is 7. The zero-order valence-corrected chi connectivity index (χ0v) is 17.3. The Balaban J connectivity index is 1.55. The average molecular weight is 459 g/mol. The maximum absolute atomic E-state index is 14.0. The van der Waals surface area contributed by atoms with Gasteiger partial charge in [0.05, 0.1) is 22.4 Å². The Morgan fingerprint density at radius 1 is 1.21 bits per heavy atom. The van der Waals surface area contributed by atoms with Crippen molar-refractivity contribution in [2.45, 2.75) is 24.8 Å². The highest BCUT2D eigenvalue weighted by atomic mass is 32.2. The van der Waals surface area contributed by atoms with Gasteiger partial charge in [0.2, 0.25) is 0 Å². The number of anilines is 1. The third-order valence-electron chi connectivity index (χ3n) is 4.30. The Morgan fingerprint density at radius 2 is 2.00 bits per heavy atom. The lowest BCUT2D eigenvalue weighted by atomic mass is 10.1. The van der Waals surface area contributed by atoms with E-state index in [9.17, 15) is 17.2 Å². The number of nitrogens with one attached hydrogen (secondary N) is 2. The van der Waals surface area contributed by atoms with Gasteiger partial charge in [-0.05, 0) is 25.0 Å². The van der Waals surface area contributed by atoms with Crippen LogP contribution in [0.3, 0.4) is 0 Å². The predicted molar refractivity (Wildman–Crippen MR) is 107 cm³/mol. The van der Waals surface area contributed by atoms with Gasteiger partial charge in [0.1, 0.15) is 11.6 Å². The summed E-state index contributed by atoms with van der Waals surface area (Å²) in [6.45, 7) is -0.146. The Morgan fingerprint density at radius 3 is 2.69 bits per heavy atom. The molecule has 2 heterocycles. The van der Waals surface area contributed by atoms with Gasteiger partial charge in [0.15, 0.2) is 5.13 Å². The highest BCUT2D eigenvalue weighted by Gasteiger charge is 2.28. The van der Waals surface area contributed by atoms with E-state index in [2.05, 4.69) is 20.0 Å². The van der Waals surface area contributed by atoms with Crippen LogP contribution < -0.4 is 10.0 Å². The molecule has 0 bridgehead atoms. The number of rotatable bonds is 8. The smallest absolute Gasteiger partial charge is 0.333 e. The summed E-state index contributed by atoms with van der Waals surface area (Å²) in [4.78, 5) is 8.89. The summed E-state index contributed by atoms with van der Waals surface area (Å²) in [6.07, 6.45) is 2.18. The van der Waals surface area contributed by atoms with E-state index in [4.69, 9.17) is 4.55 Å². The van der Waals surface area contributed by atoms with Crippen molar-refractivity contribution in [2.75, 3.05) is 11.9 Å². The second-order valence-corrected chi connectivity index (χ2v) is 9.55. The second-order valence-electron chi connectivity index (χ2n) is 6.57. The molecule has 12 heteroatoms. The SMILES string of the molecule is O=S(=O)(O)NC[C@H](Nc1nc(-c2ccc(F)cc2F)cs1)c1csc(C2CC2)n1. The number of halogens is 2. The lowest BCUT2D eigenvalue weighted by molar-refractivity contribution is 0.464. The lowest BCUT2D eigenvalue weighted by Crippen LogP contribution is -2.31. The van der Waals surface area contributed by atoms with Crippen LogP contribution in [-0.2, 0) is 10.3 Å². The van der Waals surface area contributed by atoms with Crippen molar-refractivity contribution in [3.8, 4) is 11.3 Å². The third kappa shape index (κ3) is 5.14. The van der Waals surface area contributed by atoms with Gasteiger partial charge in [-0.15, -0.1) is 22.7 Å². The van der Waals surface area contributed by atoms with Gasteiger partial charge < -0.3 is 5.32 Å². The summed E-state index contributed by atoms with van der Waals surface area (Å²) in [7, 11) is -4.38. The summed E-state index contributed by atoms with van der Waals surface area (Å²) in [6, 6.07) is 2.66. The van der Waals surface area contributed by atoms with E-state index in [1.807, 2.05) is 5.38 Å². The minimum absolute atomic E-state index is 0.146. The Labute approximate surface area is 173 Å². The predicted octanol–water partition coefficient (Wildman–Crippen LogP) is 3.97. The Hall–Kier alpha value is -1.99. The second kappa shape index (κ2) is 8.03. The number of benzene rings is 1. The molecule has 0 unspecified atom stereocenters. The first-order valence-electron chi connectivity index (χ1n) is 8.63. The van der Waals surface area contributed by atoms with E-state index in [1.54, 1.807) is 5.38 Å². The zero-order valence-electron chi connectivity index (χ0n) is 14.8. The first kappa shape index (κ1) is 20.3. The van der Waals surface area contributed by atoms with Gasteiger partial charge in [-0.2, -0.15) is 13.1 Å². The molecule has 1 saturated carbocycles. The Kier molecular flexibility index (Phi) is 5.62. The van der Waals surface area contributed by atoms with Crippen molar-refractivity contribution >= 4 is 38.1 Å². The molecule has 0 spiro atoms. The van der Waals surface area contributed by atoms with E-state index in [0.717, 1.165) is 30.0 Å². The van der Waals surface area contributed by atoms with E-state index in [-0.39, 0.29) is 12.1 Å². The van der Waals surface area contributed by atoms with E-state index in [0.29, 0.717) is 22.4 Å². The van der Waals surface area contributed by atoms with Gasteiger partial charge in [0.25, 0.3) is 0 Å². The standard InChI is InChI=1S/C17H16F2N4O3S3/c18-10-3-4-11(12(19)5-10)14-7-28-17(23-14)22-13(6-20-29(24,25)26)15-8-27-16(21-15)9-1-2-9/h3-5,7-9,13,20H,1-2,6H2,(H,22,23)(H,24,25,26)/t13-/m0/s1. The van der Waals surface area contributed by atoms with Crippen molar-refractivity contribution in [1.29, 1.82) is 0 Å². The van der Waals surface area contributed by atoms with Crippen molar-refractivity contribution in [3.63, 3.8) is 0 Å². The molecule has 1 aliphatic rings. The number of nitrogens with zero attached hydrogens (tertiary/aromatic N) is 2. The van der Waals surface area contributed by atoms with Gasteiger partial charge in [-0.1, -0.05) is 0 Å². The molecule has 0 aliphatic heterocycles. The van der Waals surface area contributed by atoms with Crippen LogP contribution >= 0.6 is 22.7 Å². The fourth-order valence-electron chi connectivity index (χ4n) is 2.71. The molecular formula is C17H16F2N4O3S3. The largest absolute Gasteiger partial charge is 0.352 e. The molecule has 3 aromatic rings. The molecule has 0 radical (unpaired) electrons. The van der Waals surface area contributed by atoms with E-state index >= 15 is 0 Å². The summed E-state index contributed by atoms with van der Waals surface area (Å²) in [5.74, 6) is -0.942. The topological polar surface area (TPSA) is 104 Å². The van der Waals surface area contributed by atoms with Crippen LogP contribution in [0, 0.1) is 11.6 Å². The first-order chi connectivity index (χ1) is 13.8. The molecule has 2 aromatic heterocycles. The van der Waals surface area contributed by atoms with Crippen LogP contribution in [0.4, 0.5) is 13.9 Å². The van der Waals surface area contributed by atoms with E-state index < -0.39 is 28.0 Å². The molecule has 0 amide bonds. The quantitative estimate of drug-likeness (QED) is 0.441. The molecule has 7 nitrogen and oxygen atoms in total. The minimum Gasteiger partial charge on any atom is -0.352 e. The molecule has 4 rings (SSSR count). The van der Waals surface area contributed by atoms with Crippen LogP contribution in [0.15, 0.2) is 29.0 Å². The molecule has 1 atom stereocenters. The minimum atomic E-state index is -4.38.